The van der Waals surface area contributed by atoms with Crippen LogP contribution in [-0.2, 0) is 10.8 Å². The van der Waals surface area contributed by atoms with E-state index in [0.29, 0.717) is 0 Å². The summed E-state index contributed by atoms with van der Waals surface area (Å²) in [5.74, 6) is 0. The monoisotopic (exact) mass is 1040 g/mol. The average molecular weight is 1050 g/mol. The van der Waals surface area contributed by atoms with Crippen LogP contribution in [0.2, 0.25) is 0 Å². The van der Waals surface area contributed by atoms with Gasteiger partial charge in [0.2, 0.25) is 0 Å². The van der Waals surface area contributed by atoms with E-state index in [4.69, 9.17) is 0 Å². The van der Waals surface area contributed by atoms with Gasteiger partial charge < -0.3 is 9.80 Å². The second-order valence-electron chi connectivity index (χ2n) is 21.5. The number of rotatable bonds is 12. The first-order valence-electron chi connectivity index (χ1n) is 28.4. The molecule has 2 heteroatoms. The molecule has 13 aromatic carbocycles. The molecule has 386 valence electrons. The van der Waals surface area contributed by atoms with Crippen LogP contribution < -0.4 is 9.80 Å². The SMILES string of the molecule is c1ccc(-c2ccc(-c3ccccc3N(c3ccc(N(c4ccccc4)c4cccc(C5(c6ccccc6)c6ccccc6-c6ccccc65)c4)cc3)c3ccc4c(c3)-c3ccccc3C4(c3ccccc3)c3ccccc3)cc2)cc1. The van der Waals surface area contributed by atoms with Crippen molar-refractivity contribution in [1.29, 1.82) is 0 Å². The third-order valence-electron chi connectivity index (χ3n) is 17.2. The summed E-state index contributed by atoms with van der Waals surface area (Å²) >= 11 is 0. The molecule has 0 aromatic heterocycles. The van der Waals surface area contributed by atoms with Crippen LogP contribution in [0.5, 0.6) is 0 Å². The quantitative estimate of drug-likeness (QED) is 0.120. The van der Waals surface area contributed by atoms with E-state index in [0.717, 1.165) is 45.3 Å². The van der Waals surface area contributed by atoms with Crippen LogP contribution in [-0.4, -0.2) is 0 Å². The van der Waals surface area contributed by atoms with E-state index in [9.17, 15) is 0 Å². The molecule has 0 aliphatic heterocycles. The second-order valence-corrected chi connectivity index (χ2v) is 21.5. The van der Waals surface area contributed by atoms with Crippen LogP contribution in [0.4, 0.5) is 34.1 Å². The first-order valence-corrected chi connectivity index (χ1v) is 28.4. The molecular weight excluding hydrogens is 989 g/mol. The fraction of sp³-hybridized carbons (Fsp3) is 0.0250. The Morgan fingerprint density at radius 3 is 1.07 bits per heavy atom. The predicted molar refractivity (Wildman–Crippen MR) is 341 cm³/mol. The van der Waals surface area contributed by atoms with Crippen LogP contribution in [0, 0.1) is 0 Å². The van der Waals surface area contributed by atoms with Gasteiger partial charge in [-0.25, -0.2) is 0 Å². The zero-order valence-corrected chi connectivity index (χ0v) is 45.2. The van der Waals surface area contributed by atoms with E-state index in [-0.39, 0.29) is 0 Å². The van der Waals surface area contributed by atoms with Gasteiger partial charge >= 0.3 is 0 Å². The van der Waals surface area contributed by atoms with Crippen molar-refractivity contribution in [3.05, 3.63) is 384 Å². The highest BCUT2D eigenvalue weighted by Gasteiger charge is 2.47. The zero-order valence-electron chi connectivity index (χ0n) is 45.2. The number of anilines is 6. The molecule has 2 nitrogen and oxygen atoms in total. The van der Waals surface area contributed by atoms with Gasteiger partial charge in [0.05, 0.1) is 16.5 Å². The summed E-state index contributed by atoms with van der Waals surface area (Å²) in [6, 6.07) is 125. The molecule has 0 saturated carbocycles. The van der Waals surface area contributed by atoms with Crippen molar-refractivity contribution in [2.75, 3.05) is 9.80 Å². The van der Waals surface area contributed by atoms with Crippen molar-refractivity contribution in [2.24, 2.45) is 0 Å². The summed E-state index contributed by atoms with van der Waals surface area (Å²) in [7, 11) is 0. The van der Waals surface area contributed by atoms with Gasteiger partial charge in [-0.3, -0.25) is 0 Å². The van der Waals surface area contributed by atoms with Crippen LogP contribution in [0.15, 0.2) is 340 Å². The normalized spacial score (nSPS) is 13.1. The maximum absolute atomic E-state index is 2.46. The lowest BCUT2D eigenvalue weighted by Gasteiger charge is -2.35. The smallest absolute Gasteiger partial charge is 0.0714 e. The van der Waals surface area contributed by atoms with Crippen LogP contribution in [0.1, 0.15) is 44.5 Å². The topological polar surface area (TPSA) is 6.48 Å². The van der Waals surface area contributed by atoms with Crippen LogP contribution in [0.3, 0.4) is 0 Å². The highest BCUT2D eigenvalue weighted by molar-refractivity contribution is 5.94. The molecule has 0 radical (unpaired) electrons. The highest BCUT2D eigenvalue weighted by atomic mass is 15.2. The summed E-state index contributed by atoms with van der Waals surface area (Å²) in [4.78, 5) is 4.87. The molecule has 0 bridgehead atoms. The van der Waals surface area contributed by atoms with Crippen molar-refractivity contribution < 1.29 is 0 Å². The summed E-state index contributed by atoms with van der Waals surface area (Å²) < 4.78 is 0. The molecule has 15 rings (SSSR count). The number of hydrogen-bond acceptors (Lipinski definition) is 2. The van der Waals surface area contributed by atoms with Gasteiger partial charge in [0.15, 0.2) is 0 Å². The molecule has 0 heterocycles. The standard InChI is InChI=1S/C80H56N2/c1-6-25-57(26-7-1)58-45-47-59(48-46-58)69-37-19-23-44-78(69)82(68-53-54-77-73(56-68)72-40-18-22-43-76(72)79(77,60-27-8-2-9-28-60)61-29-10-3-11-30-61)66-51-49-65(50-52-66)81(64-34-14-5-15-35-64)67-36-24-33-63(55-67)80(62-31-12-4-13-32-62)74-41-20-16-38-70(74)71-39-17-21-42-75(71)80/h1-56H. The Hall–Kier alpha value is -10.5. The number of hydrogen-bond donors (Lipinski definition) is 0. The molecule has 0 atom stereocenters. The Balaban J connectivity index is 0.903. The van der Waals surface area contributed by atoms with Crippen molar-refractivity contribution in [2.45, 2.75) is 10.8 Å². The molecule has 2 aliphatic rings. The Kier molecular flexibility index (Phi) is 12.0. The molecule has 82 heavy (non-hydrogen) atoms. The molecular formula is C80H56N2. The molecule has 0 spiro atoms. The molecule has 0 amide bonds. The fourth-order valence-corrected chi connectivity index (χ4v) is 13.8. The maximum atomic E-state index is 2.46. The Morgan fingerprint density at radius 2 is 0.524 bits per heavy atom. The Labute approximate surface area is 480 Å². The number of benzene rings is 13. The molecule has 2 aliphatic carbocycles. The lowest BCUT2D eigenvalue weighted by Crippen LogP contribution is -2.28. The summed E-state index contributed by atoms with van der Waals surface area (Å²) in [6.45, 7) is 0. The zero-order chi connectivity index (χ0) is 54.5. The number of para-hydroxylation sites is 2. The van der Waals surface area contributed by atoms with E-state index >= 15 is 0 Å². The van der Waals surface area contributed by atoms with Gasteiger partial charge in [0.25, 0.3) is 0 Å². The summed E-state index contributed by atoms with van der Waals surface area (Å²) in [6.07, 6.45) is 0. The third-order valence-corrected chi connectivity index (χ3v) is 17.2. The van der Waals surface area contributed by atoms with Crippen molar-refractivity contribution >= 4 is 34.1 Å². The van der Waals surface area contributed by atoms with Crippen LogP contribution in [0.25, 0.3) is 44.5 Å². The lowest BCUT2D eigenvalue weighted by atomic mass is 9.67. The van der Waals surface area contributed by atoms with E-state index in [1.807, 2.05) is 0 Å². The third kappa shape index (κ3) is 7.79. The summed E-state index contributed by atoms with van der Waals surface area (Å²) in [5.41, 5.74) is 25.2. The fourth-order valence-electron chi connectivity index (χ4n) is 13.8. The van der Waals surface area contributed by atoms with E-state index in [2.05, 4.69) is 350 Å². The van der Waals surface area contributed by atoms with Gasteiger partial charge in [-0.15, -0.1) is 0 Å². The lowest BCUT2D eigenvalue weighted by molar-refractivity contribution is 0.768. The first-order chi connectivity index (χ1) is 40.7. The Morgan fingerprint density at radius 1 is 0.183 bits per heavy atom. The predicted octanol–water partition coefficient (Wildman–Crippen LogP) is 20.7. The van der Waals surface area contributed by atoms with Crippen molar-refractivity contribution in [1.82, 2.24) is 0 Å². The largest absolute Gasteiger partial charge is 0.310 e. The highest BCUT2D eigenvalue weighted by Crippen LogP contribution is 2.59. The molecule has 0 N–H and O–H groups in total. The Bertz CT molecular complexity index is 4340. The van der Waals surface area contributed by atoms with Crippen molar-refractivity contribution in [3.63, 3.8) is 0 Å². The molecule has 13 aromatic rings. The minimum absolute atomic E-state index is 0.513. The van der Waals surface area contributed by atoms with Gasteiger partial charge in [-0.05, 0) is 150 Å². The maximum Gasteiger partial charge on any atom is 0.0714 e. The van der Waals surface area contributed by atoms with Gasteiger partial charge in [0.1, 0.15) is 0 Å². The number of nitrogens with zero attached hydrogens (tertiary/aromatic N) is 2. The van der Waals surface area contributed by atoms with E-state index in [1.54, 1.807) is 0 Å². The minimum Gasteiger partial charge on any atom is -0.310 e. The minimum atomic E-state index is -0.537. The van der Waals surface area contributed by atoms with E-state index in [1.165, 1.54) is 77.9 Å². The summed E-state index contributed by atoms with van der Waals surface area (Å²) in [5, 5.41) is 0. The number of fused-ring (bicyclic) bond motifs is 6. The molecule has 0 saturated heterocycles. The van der Waals surface area contributed by atoms with Crippen LogP contribution >= 0.6 is 0 Å². The molecule has 0 unspecified atom stereocenters. The second kappa shape index (κ2) is 20.3. The first kappa shape index (κ1) is 48.6. The van der Waals surface area contributed by atoms with Gasteiger partial charge in [-0.1, -0.05) is 273 Å². The van der Waals surface area contributed by atoms with E-state index < -0.39 is 10.8 Å². The average Bonchev–Trinajstić information content (AvgIpc) is 2.36. The van der Waals surface area contributed by atoms with Gasteiger partial charge in [-0.2, -0.15) is 0 Å². The van der Waals surface area contributed by atoms with Crippen molar-refractivity contribution in [3.8, 4) is 44.5 Å². The van der Waals surface area contributed by atoms with Gasteiger partial charge in [0, 0.05) is 34.0 Å². The molecule has 0 fully saturated rings.